The zero-order chi connectivity index (χ0) is 11.4. The van der Waals surface area contributed by atoms with Crippen LogP contribution in [0.4, 0.5) is 5.69 Å². The minimum Gasteiger partial charge on any atom is -0.314 e. The van der Waals surface area contributed by atoms with E-state index >= 15 is 0 Å². The monoisotopic (exact) mass is 221 g/mol. The lowest BCUT2D eigenvalue weighted by atomic mass is 10.0. The van der Waals surface area contributed by atoms with Crippen LogP contribution in [0.15, 0.2) is 24.3 Å². The van der Waals surface area contributed by atoms with Crippen molar-refractivity contribution < 1.29 is 4.92 Å². The zero-order valence-electron chi connectivity index (χ0n) is 8.98. The van der Waals surface area contributed by atoms with E-state index in [0.717, 1.165) is 31.6 Å². The van der Waals surface area contributed by atoms with Gasteiger partial charge in [-0.3, -0.25) is 10.1 Å². The van der Waals surface area contributed by atoms with Gasteiger partial charge in [0.15, 0.2) is 0 Å². The molecule has 1 aromatic carbocycles. The van der Waals surface area contributed by atoms with Crippen molar-refractivity contribution in [3.63, 3.8) is 0 Å². The van der Waals surface area contributed by atoms with Gasteiger partial charge in [-0.2, -0.15) is 0 Å². The van der Waals surface area contributed by atoms with Crippen molar-refractivity contribution in [1.82, 2.24) is 10.6 Å². The normalized spacial score (nSPS) is 20.6. The second-order valence-electron chi connectivity index (χ2n) is 3.99. The Morgan fingerprint density at radius 2 is 2.31 bits per heavy atom. The summed E-state index contributed by atoms with van der Waals surface area (Å²) in [6.45, 7) is 2.87. The van der Waals surface area contributed by atoms with Crippen molar-refractivity contribution in [2.24, 2.45) is 0 Å². The fraction of sp³-hybridized carbons (Fsp3) is 0.455. The molecule has 5 nitrogen and oxygen atoms in total. The topological polar surface area (TPSA) is 67.2 Å². The first-order chi connectivity index (χ1) is 7.75. The summed E-state index contributed by atoms with van der Waals surface area (Å²) < 4.78 is 0. The van der Waals surface area contributed by atoms with Crippen LogP contribution in [0.1, 0.15) is 5.56 Å². The van der Waals surface area contributed by atoms with E-state index in [1.807, 2.05) is 6.07 Å². The van der Waals surface area contributed by atoms with Crippen LogP contribution in [0.2, 0.25) is 0 Å². The smallest absolute Gasteiger partial charge is 0.269 e. The molecule has 0 spiro atoms. The standard InChI is InChI=1S/C11H15N3O2/c15-14(16)11-3-1-2-9(7-11)6-10-8-12-4-5-13-10/h1-3,7,10,12-13H,4-6,8H2. The second-order valence-corrected chi connectivity index (χ2v) is 3.99. The van der Waals surface area contributed by atoms with Gasteiger partial charge in [-0.1, -0.05) is 12.1 Å². The molecule has 0 amide bonds. The average molecular weight is 221 g/mol. The number of benzene rings is 1. The first-order valence-electron chi connectivity index (χ1n) is 5.43. The highest BCUT2D eigenvalue weighted by Crippen LogP contribution is 2.14. The first kappa shape index (κ1) is 11.0. The summed E-state index contributed by atoms with van der Waals surface area (Å²) in [5, 5.41) is 17.3. The predicted molar refractivity (Wildman–Crippen MR) is 61.5 cm³/mol. The minimum atomic E-state index is -0.351. The van der Waals surface area contributed by atoms with Crippen LogP contribution in [-0.2, 0) is 6.42 Å². The molecule has 1 atom stereocenters. The van der Waals surface area contributed by atoms with Gasteiger partial charge in [-0.15, -0.1) is 0 Å². The van der Waals surface area contributed by atoms with Crippen LogP contribution in [-0.4, -0.2) is 30.6 Å². The van der Waals surface area contributed by atoms with E-state index in [1.165, 1.54) is 6.07 Å². The van der Waals surface area contributed by atoms with Crippen LogP contribution in [0, 0.1) is 10.1 Å². The molecule has 1 unspecified atom stereocenters. The van der Waals surface area contributed by atoms with Crippen molar-refractivity contribution in [1.29, 1.82) is 0 Å². The summed E-state index contributed by atoms with van der Waals surface area (Å²) >= 11 is 0. The number of rotatable bonds is 3. The Labute approximate surface area is 94.0 Å². The number of nitro benzene ring substituents is 1. The fourth-order valence-electron chi connectivity index (χ4n) is 1.94. The Morgan fingerprint density at radius 1 is 1.44 bits per heavy atom. The molecule has 16 heavy (non-hydrogen) atoms. The van der Waals surface area contributed by atoms with E-state index < -0.39 is 0 Å². The van der Waals surface area contributed by atoms with E-state index in [9.17, 15) is 10.1 Å². The second kappa shape index (κ2) is 5.05. The van der Waals surface area contributed by atoms with E-state index in [1.54, 1.807) is 12.1 Å². The largest absolute Gasteiger partial charge is 0.314 e. The maximum absolute atomic E-state index is 10.6. The highest BCUT2D eigenvalue weighted by molar-refractivity contribution is 5.34. The summed E-state index contributed by atoms with van der Waals surface area (Å²) in [6, 6.07) is 7.22. The van der Waals surface area contributed by atoms with Crippen molar-refractivity contribution in [2.75, 3.05) is 19.6 Å². The third-order valence-electron chi connectivity index (χ3n) is 2.73. The molecule has 5 heteroatoms. The molecule has 0 bridgehead atoms. The van der Waals surface area contributed by atoms with Crippen molar-refractivity contribution in [3.05, 3.63) is 39.9 Å². The fourth-order valence-corrected chi connectivity index (χ4v) is 1.94. The maximum atomic E-state index is 10.6. The van der Waals surface area contributed by atoms with E-state index in [0.29, 0.717) is 6.04 Å². The molecule has 2 rings (SSSR count). The van der Waals surface area contributed by atoms with Gasteiger partial charge in [0.25, 0.3) is 5.69 Å². The maximum Gasteiger partial charge on any atom is 0.269 e. The van der Waals surface area contributed by atoms with Crippen LogP contribution in [0.5, 0.6) is 0 Å². The molecule has 0 radical (unpaired) electrons. The lowest BCUT2D eigenvalue weighted by Gasteiger charge is -2.24. The van der Waals surface area contributed by atoms with Crippen LogP contribution >= 0.6 is 0 Å². The molecule has 0 aliphatic carbocycles. The molecule has 0 saturated carbocycles. The zero-order valence-corrected chi connectivity index (χ0v) is 8.98. The van der Waals surface area contributed by atoms with Crippen molar-refractivity contribution >= 4 is 5.69 Å². The van der Waals surface area contributed by atoms with Gasteiger partial charge in [0.1, 0.15) is 0 Å². The Bertz CT molecular complexity index is 375. The molecule has 1 aliphatic rings. The van der Waals surface area contributed by atoms with Gasteiger partial charge in [-0.05, 0) is 12.0 Å². The molecule has 1 aliphatic heterocycles. The van der Waals surface area contributed by atoms with Gasteiger partial charge >= 0.3 is 0 Å². The number of hydrogen-bond acceptors (Lipinski definition) is 4. The summed E-state index contributed by atoms with van der Waals surface area (Å²) in [4.78, 5) is 10.3. The van der Waals surface area contributed by atoms with Crippen LogP contribution in [0.25, 0.3) is 0 Å². The molecule has 1 fully saturated rings. The average Bonchev–Trinajstić information content (AvgIpc) is 2.30. The molecule has 1 aromatic rings. The molecular weight excluding hydrogens is 206 g/mol. The predicted octanol–water partition coefficient (Wildman–Crippen LogP) is 0.699. The summed E-state index contributed by atoms with van der Waals surface area (Å²) in [5.41, 5.74) is 1.18. The Hall–Kier alpha value is -1.46. The lowest BCUT2D eigenvalue weighted by Crippen LogP contribution is -2.49. The third-order valence-corrected chi connectivity index (χ3v) is 2.73. The molecular formula is C11H15N3O2. The van der Waals surface area contributed by atoms with Gasteiger partial charge in [0.05, 0.1) is 4.92 Å². The number of nitrogens with one attached hydrogen (secondary N) is 2. The van der Waals surface area contributed by atoms with Gasteiger partial charge in [-0.25, -0.2) is 0 Å². The van der Waals surface area contributed by atoms with Gasteiger partial charge in [0, 0.05) is 37.8 Å². The number of nitro groups is 1. The lowest BCUT2D eigenvalue weighted by molar-refractivity contribution is -0.384. The highest BCUT2D eigenvalue weighted by Gasteiger charge is 2.14. The Kier molecular flexibility index (Phi) is 3.48. The van der Waals surface area contributed by atoms with Gasteiger partial charge in [0.2, 0.25) is 0 Å². The molecule has 2 N–H and O–H groups in total. The molecule has 0 aromatic heterocycles. The molecule has 1 heterocycles. The van der Waals surface area contributed by atoms with Crippen LogP contribution in [0.3, 0.4) is 0 Å². The van der Waals surface area contributed by atoms with E-state index in [4.69, 9.17) is 0 Å². The Balaban J connectivity index is 2.02. The number of nitrogens with zero attached hydrogens (tertiary/aromatic N) is 1. The van der Waals surface area contributed by atoms with Gasteiger partial charge < -0.3 is 10.6 Å². The SMILES string of the molecule is O=[N+]([O-])c1cccc(CC2CNCCN2)c1. The number of non-ortho nitro benzene ring substituents is 1. The summed E-state index contributed by atoms with van der Waals surface area (Å²) in [7, 11) is 0. The number of hydrogen-bond donors (Lipinski definition) is 2. The van der Waals surface area contributed by atoms with E-state index in [2.05, 4.69) is 10.6 Å². The van der Waals surface area contributed by atoms with Crippen LogP contribution < -0.4 is 10.6 Å². The third kappa shape index (κ3) is 2.77. The summed E-state index contributed by atoms with van der Waals surface area (Å²) in [6.07, 6.45) is 0.828. The molecule has 1 saturated heterocycles. The summed E-state index contributed by atoms with van der Waals surface area (Å²) in [5.74, 6) is 0. The quantitative estimate of drug-likeness (QED) is 0.582. The number of piperazine rings is 1. The highest BCUT2D eigenvalue weighted by atomic mass is 16.6. The van der Waals surface area contributed by atoms with E-state index in [-0.39, 0.29) is 10.6 Å². The van der Waals surface area contributed by atoms with Crippen molar-refractivity contribution in [3.8, 4) is 0 Å². The molecule has 86 valence electrons. The van der Waals surface area contributed by atoms with Crippen molar-refractivity contribution in [2.45, 2.75) is 12.5 Å². The minimum absolute atomic E-state index is 0.168. The Morgan fingerprint density at radius 3 is 3.00 bits per heavy atom. The first-order valence-corrected chi connectivity index (χ1v) is 5.43.